The highest BCUT2D eigenvalue weighted by molar-refractivity contribution is 6.13. The molecule has 10 aromatic rings. The largest absolute Gasteiger partial charge is 0.354 e. The van der Waals surface area contributed by atoms with Crippen molar-refractivity contribution in [2.45, 2.75) is 26.7 Å². The van der Waals surface area contributed by atoms with E-state index in [0.29, 0.717) is 0 Å². The predicted molar refractivity (Wildman–Crippen MR) is 239 cm³/mol. The van der Waals surface area contributed by atoms with Crippen LogP contribution in [0.3, 0.4) is 0 Å². The third-order valence-electron chi connectivity index (χ3n) is 12.0. The first-order valence-electron chi connectivity index (χ1n) is 19.5. The molecule has 11 rings (SSSR count). The first-order valence-corrected chi connectivity index (χ1v) is 19.5. The van der Waals surface area contributed by atoms with Crippen molar-refractivity contribution in [3.63, 3.8) is 0 Å². The van der Waals surface area contributed by atoms with Gasteiger partial charge in [-0.3, -0.25) is 4.57 Å². The fourth-order valence-electron chi connectivity index (χ4n) is 9.17. The summed E-state index contributed by atoms with van der Waals surface area (Å²) >= 11 is 0. The molecule has 1 N–H and O–H groups in total. The van der Waals surface area contributed by atoms with Crippen LogP contribution in [-0.2, 0) is 12.8 Å². The molecule has 0 bridgehead atoms. The van der Waals surface area contributed by atoms with Crippen molar-refractivity contribution >= 4 is 66.5 Å². The van der Waals surface area contributed by atoms with E-state index in [4.69, 9.17) is 4.98 Å². The van der Waals surface area contributed by atoms with Gasteiger partial charge < -0.3 is 4.98 Å². The molecule has 266 valence electrons. The van der Waals surface area contributed by atoms with Crippen molar-refractivity contribution in [3.05, 3.63) is 180 Å². The molecule has 1 aliphatic rings. The van der Waals surface area contributed by atoms with Crippen LogP contribution in [-0.4, -0.2) is 14.5 Å². The summed E-state index contributed by atoms with van der Waals surface area (Å²) in [5.74, 6) is 0.943. The second kappa shape index (κ2) is 12.5. The molecule has 7 aromatic carbocycles. The maximum absolute atomic E-state index is 4.92. The molecule has 0 amide bonds. The van der Waals surface area contributed by atoms with Gasteiger partial charge in [0.1, 0.15) is 5.82 Å². The highest BCUT2D eigenvalue weighted by atomic mass is 15.1. The molecule has 0 saturated carbocycles. The highest BCUT2D eigenvalue weighted by Gasteiger charge is 2.23. The van der Waals surface area contributed by atoms with Crippen molar-refractivity contribution < 1.29 is 0 Å². The number of rotatable bonds is 5. The van der Waals surface area contributed by atoms with E-state index in [1.807, 2.05) is 12.3 Å². The molecular formula is C53H39N3. The average Bonchev–Trinajstić information content (AvgIpc) is 3.75. The number of allylic oxidation sites excluding steroid dienone is 1. The van der Waals surface area contributed by atoms with Gasteiger partial charge in [0.2, 0.25) is 0 Å². The lowest BCUT2D eigenvalue weighted by molar-refractivity contribution is 0.946. The number of hydrogen-bond acceptors (Lipinski definition) is 1. The zero-order valence-corrected chi connectivity index (χ0v) is 31.5. The number of fused-ring (bicyclic) bond motifs is 10. The van der Waals surface area contributed by atoms with E-state index in [0.717, 1.165) is 29.7 Å². The molecular weight excluding hydrogens is 679 g/mol. The van der Waals surface area contributed by atoms with Gasteiger partial charge in [0.05, 0.1) is 11.0 Å². The van der Waals surface area contributed by atoms with Crippen molar-refractivity contribution in [2.24, 2.45) is 0 Å². The Balaban J connectivity index is 1.08. The Morgan fingerprint density at radius 2 is 1.27 bits per heavy atom. The number of aromatic amines is 1. The maximum Gasteiger partial charge on any atom is 0.137 e. The number of pyridine rings is 1. The van der Waals surface area contributed by atoms with Crippen molar-refractivity contribution in [2.75, 3.05) is 0 Å². The van der Waals surface area contributed by atoms with Gasteiger partial charge in [0.25, 0.3) is 0 Å². The van der Waals surface area contributed by atoms with E-state index in [2.05, 4.69) is 176 Å². The Morgan fingerprint density at radius 3 is 2.09 bits per heavy atom. The lowest BCUT2D eigenvalue weighted by Gasteiger charge is -2.21. The molecule has 0 saturated heterocycles. The van der Waals surface area contributed by atoms with Crippen LogP contribution in [0.25, 0.3) is 106 Å². The molecule has 0 fully saturated rings. The van der Waals surface area contributed by atoms with Crippen LogP contribution in [0.1, 0.15) is 34.7 Å². The summed E-state index contributed by atoms with van der Waals surface area (Å²) in [6, 6.07) is 49.8. The van der Waals surface area contributed by atoms with Crippen molar-refractivity contribution in [1.82, 2.24) is 14.5 Å². The summed E-state index contributed by atoms with van der Waals surface area (Å²) in [5.41, 5.74) is 18.5. The van der Waals surface area contributed by atoms with E-state index in [-0.39, 0.29) is 0 Å². The smallest absolute Gasteiger partial charge is 0.137 e. The second-order valence-electron chi connectivity index (χ2n) is 15.3. The number of hydrogen-bond donors (Lipinski definition) is 1. The number of nitrogens with one attached hydrogen (secondary N) is 1. The van der Waals surface area contributed by atoms with Gasteiger partial charge in [0.15, 0.2) is 0 Å². The monoisotopic (exact) mass is 717 g/mol. The SMILES string of the molecule is C=Cc1ccc(-c2ccc3[nH]c4cc5c(cc4c3c2)CCc2cc3c4cc(-c6ccc7ccccc7c6)ccc4n(-c4cc(C)ccn4)c3cc2-5)cc1/C=C\C. The molecule has 1 aliphatic carbocycles. The molecule has 0 spiro atoms. The summed E-state index contributed by atoms with van der Waals surface area (Å²) in [4.78, 5) is 8.70. The number of nitrogens with zero attached hydrogens (tertiary/aromatic N) is 2. The molecule has 3 heteroatoms. The van der Waals surface area contributed by atoms with Gasteiger partial charge in [-0.1, -0.05) is 85.5 Å². The zero-order chi connectivity index (χ0) is 37.5. The van der Waals surface area contributed by atoms with Gasteiger partial charge in [-0.25, -0.2) is 4.98 Å². The van der Waals surface area contributed by atoms with Gasteiger partial charge >= 0.3 is 0 Å². The minimum Gasteiger partial charge on any atom is -0.354 e. The Hall–Kier alpha value is -6.97. The quantitative estimate of drug-likeness (QED) is 0.189. The molecule has 0 radical (unpaired) electrons. The molecule has 0 aliphatic heterocycles. The van der Waals surface area contributed by atoms with E-state index in [9.17, 15) is 0 Å². The van der Waals surface area contributed by atoms with E-state index in [1.165, 1.54) is 105 Å². The third-order valence-corrected chi connectivity index (χ3v) is 12.0. The number of benzene rings is 7. The van der Waals surface area contributed by atoms with E-state index < -0.39 is 0 Å². The summed E-state index contributed by atoms with van der Waals surface area (Å²) in [6.07, 6.45) is 10.1. The summed E-state index contributed by atoms with van der Waals surface area (Å²) < 4.78 is 2.36. The molecule has 0 unspecified atom stereocenters. The molecule has 3 aromatic heterocycles. The average molecular weight is 718 g/mol. The Morgan fingerprint density at radius 1 is 0.589 bits per heavy atom. The van der Waals surface area contributed by atoms with Crippen LogP contribution >= 0.6 is 0 Å². The molecule has 0 atom stereocenters. The highest BCUT2D eigenvalue weighted by Crippen LogP contribution is 2.44. The first-order chi connectivity index (χ1) is 27.5. The lowest BCUT2D eigenvalue weighted by atomic mass is 9.84. The van der Waals surface area contributed by atoms with Crippen molar-refractivity contribution in [3.8, 4) is 39.2 Å². The van der Waals surface area contributed by atoms with Crippen LogP contribution in [0.4, 0.5) is 0 Å². The Labute approximate surface area is 325 Å². The maximum atomic E-state index is 4.92. The number of H-pyrrole nitrogens is 1. The summed E-state index contributed by atoms with van der Waals surface area (Å²) in [6.45, 7) is 8.22. The minimum absolute atomic E-state index is 0.943. The van der Waals surface area contributed by atoms with Gasteiger partial charge in [-0.05, 0) is 171 Å². The van der Waals surface area contributed by atoms with E-state index in [1.54, 1.807) is 0 Å². The first kappa shape index (κ1) is 32.5. The summed E-state index contributed by atoms with van der Waals surface area (Å²) in [5, 5.41) is 7.57. The van der Waals surface area contributed by atoms with Crippen LogP contribution in [0, 0.1) is 6.92 Å². The normalized spacial score (nSPS) is 12.7. The standard InChI is InChI=1S/C53H39N3/c1-4-8-35-24-37(13-11-33(35)5-2)39-17-19-49-45(26-39)46-28-41-15-16-42-29-48-47-27-40(38-14-12-34-9-6-7-10-36(34)25-38)18-20-51(47)56(53-23-32(3)21-22-54-53)52(48)31-44(42)43(41)30-50(46)55-49/h4-14,17-31,55H,2,15-16H2,1,3H3/b8-4-. The van der Waals surface area contributed by atoms with Crippen LogP contribution in [0.5, 0.6) is 0 Å². The molecule has 3 nitrogen and oxygen atoms in total. The fraction of sp³-hybridized carbons (Fsp3) is 0.0755. The zero-order valence-electron chi connectivity index (χ0n) is 31.5. The number of aryl methyl sites for hydroxylation is 3. The Kier molecular flexibility index (Phi) is 7.27. The third kappa shape index (κ3) is 5.08. The predicted octanol–water partition coefficient (Wildman–Crippen LogP) is 14.1. The number of aromatic nitrogens is 3. The van der Waals surface area contributed by atoms with Gasteiger partial charge in [-0.15, -0.1) is 0 Å². The van der Waals surface area contributed by atoms with Gasteiger partial charge in [0, 0.05) is 38.8 Å². The van der Waals surface area contributed by atoms with Crippen LogP contribution < -0.4 is 0 Å². The van der Waals surface area contributed by atoms with Crippen LogP contribution in [0.2, 0.25) is 0 Å². The Bertz CT molecular complexity index is 3300. The van der Waals surface area contributed by atoms with Gasteiger partial charge in [-0.2, -0.15) is 0 Å². The summed E-state index contributed by atoms with van der Waals surface area (Å²) in [7, 11) is 0. The van der Waals surface area contributed by atoms with Crippen molar-refractivity contribution in [1.29, 1.82) is 0 Å². The second-order valence-corrected chi connectivity index (χ2v) is 15.3. The molecule has 3 heterocycles. The minimum atomic E-state index is 0.943. The fourth-order valence-corrected chi connectivity index (χ4v) is 9.17. The lowest BCUT2D eigenvalue weighted by Crippen LogP contribution is -2.05. The van der Waals surface area contributed by atoms with Crippen LogP contribution in [0.15, 0.2) is 152 Å². The molecule has 56 heavy (non-hydrogen) atoms. The topological polar surface area (TPSA) is 33.6 Å². The van der Waals surface area contributed by atoms with E-state index >= 15 is 0 Å².